The van der Waals surface area contributed by atoms with Gasteiger partial charge in [0.15, 0.2) is 0 Å². The summed E-state index contributed by atoms with van der Waals surface area (Å²) < 4.78 is 6.44. The Balaban J connectivity index is 2.27. The van der Waals surface area contributed by atoms with Gasteiger partial charge < -0.3 is 15.2 Å². The molecule has 0 saturated heterocycles. The van der Waals surface area contributed by atoms with Crippen molar-refractivity contribution in [3.63, 3.8) is 0 Å². The van der Waals surface area contributed by atoms with E-state index >= 15 is 0 Å². The summed E-state index contributed by atoms with van der Waals surface area (Å²) in [6.07, 6.45) is 0. The monoisotopic (exact) mass is 243 g/mol. The Bertz CT molecular complexity index is 316. The van der Waals surface area contributed by atoms with Crippen molar-refractivity contribution in [1.82, 2.24) is 0 Å². The second-order valence-corrected chi connectivity index (χ2v) is 3.89. The summed E-state index contributed by atoms with van der Waals surface area (Å²) in [6.45, 7) is 0.608. The zero-order chi connectivity index (χ0) is 9.26. The maximum absolute atomic E-state index is 8.93. The zero-order valence-electron chi connectivity index (χ0n) is 6.96. The van der Waals surface area contributed by atoms with Crippen LogP contribution in [0.1, 0.15) is 0 Å². The Morgan fingerprint density at radius 2 is 2.46 bits per heavy atom. The molecule has 0 spiro atoms. The van der Waals surface area contributed by atoms with E-state index in [9.17, 15) is 0 Å². The van der Waals surface area contributed by atoms with E-state index in [4.69, 9.17) is 9.84 Å². The SMILES string of the molecule is OCC1COc2ccc(Br)cc2N1. The van der Waals surface area contributed by atoms with E-state index in [1.807, 2.05) is 18.2 Å². The third-order valence-corrected chi connectivity index (χ3v) is 2.45. The Labute approximate surface area is 84.8 Å². The van der Waals surface area contributed by atoms with Crippen LogP contribution in [0.3, 0.4) is 0 Å². The minimum absolute atomic E-state index is 0.00167. The first-order chi connectivity index (χ1) is 6.29. The van der Waals surface area contributed by atoms with E-state index in [0.29, 0.717) is 6.61 Å². The normalized spacial score (nSPS) is 20.0. The summed E-state index contributed by atoms with van der Waals surface area (Å²) in [5.41, 5.74) is 0.930. The molecule has 2 rings (SSSR count). The number of aliphatic hydroxyl groups excluding tert-OH is 1. The maximum atomic E-state index is 8.93. The van der Waals surface area contributed by atoms with Gasteiger partial charge in [-0.15, -0.1) is 0 Å². The number of hydrogen-bond donors (Lipinski definition) is 2. The van der Waals surface area contributed by atoms with Crippen LogP contribution in [0.4, 0.5) is 5.69 Å². The summed E-state index contributed by atoms with van der Waals surface area (Å²) >= 11 is 3.37. The van der Waals surface area contributed by atoms with Crippen molar-refractivity contribution in [3.8, 4) is 5.75 Å². The van der Waals surface area contributed by atoms with Gasteiger partial charge >= 0.3 is 0 Å². The molecule has 4 heteroatoms. The third-order valence-electron chi connectivity index (χ3n) is 1.96. The Morgan fingerprint density at radius 1 is 1.62 bits per heavy atom. The van der Waals surface area contributed by atoms with E-state index in [2.05, 4.69) is 21.2 Å². The fraction of sp³-hybridized carbons (Fsp3) is 0.333. The van der Waals surface area contributed by atoms with E-state index in [1.54, 1.807) is 0 Å². The van der Waals surface area contributed by atoms with Crippen LogP contribution in [0.25, 0.3) is 0 Å². The number of benzene rings is 1. The van der Waals surface area contributed by atoms with Gasteiger partial charge in [0.2, 0.25) is 0 Å². The molecular formula is C9H10BrNO2. The lowest BCUT2D eigenvalue weighted by Crippen LogP contribution is -2.34. The fourth-order valence-corrected chi connectivity index (χ4v) is 1.65. The molecule has 2 N–H and O–H groups in total. The molecule has 3 nitrogen and oxygen atoms in total. The van der Waals surface area contributed by atoms with Crippen molar-refractivity contribution in [3.05, 3.63) is 22.7 Å². The predicted octanol–water partition coefficient (Wildman–Crippen LogP) is 1.61. The average molecular weight is 244 g/mol. The van der Waals surface area contributed by atoms with Crippen molar-refractivity contribution in [2.75, 3.05) is 18.5 Å². The van der Waals surface area contributed by atoms with Gasteiger partial charge in [-0.25, -0.2) is 0 Å². The summed E-state index contributed by atoms with van der Waals surface area (Å²) in [5.74, 6) is 0.841. The van der Waals surface area contributed by atoms with E-state index in [-0.39, 0.29) is 12.6 Å². The van der Waals surface area contributed by atoms with E-state index in [1.165, 1.54) is 0 Å². The van der Waals surface area contributed by atoms with Gasteiger partial charge in [0.1, 0.15) is 12.4 Å². The van der Waals surface area contributed by atoms with Crippen LogP contribution < -0.4 is 10.1 Å². The summed E-state index contributed by atoms with van der Waals surface area (Å²) in [7, 11) is 0. The van der Waals surface area contributed by atoms with Gasteiger partial charge in [-0.05, 0) is 18.2 Å². The van der Waals surface area contributed by atoms with E-state index < -0.39 is 0 Å². The van der Waals surface area contributed by atoms with Crippen LogP contribution in [-0.2, 0) is 0 Å². The van der Waals surface area contributed by atoms with E-state index in [0.717, 1.165) is 15.9 Å². The number of nitrogens with one attached hydrogen (secondary N) is 1. The lowest BCUT2D eigenvalue weighted by Gasteiger charge is -2.26. The molecule has 1 aromatic carbocycles. The highest BCUT2D eigenvalue weighted by molar-refractivity contribution is 9.10. The number of ether oxygens (including phenoxy) is 1. The molecule has 0 aliphatic carbocycles. The van der Waals surface area contributed by atoms with Gasteiger partial charge in [0.25, 0.3) is 0 Å². The summed E-state index contributed by atoms with van der Waals surface area (Å²) in [6, 6.07) is 5.78. The highest BCUT2D eigenvalue weighted by atomic mass is 79.9. The summed E-state index contributed by atoms with van der Waals surface area (Å²) in [5, 5.41) is 12.1. The molecule has 70 valence electrons. The maximum Gasteiger partial charge on any atom is 0.142 e. The molecule has 0 radical (unpaired) electrons. The Kier molecular flexibility index (Phi) is 2.42. The molecular weight excluding hydrogens is 234 g/mol. The molecule has 13 heavy (non-hydrogen) atoms. The molecule has 0 aromatic heterocycles. The van der Waals surface area contributed by atoms with Gasteiger partial charge in [0.05, 0.1) is 18.3 Å². The molecule has 1 aliphatic heterocycles. The van der Waals surface area contributed by atoms with Crippen LogP contribution in [0, 0.1) is 0 Å². The smallest absolute Gasteiger partial charge is 0.142 e. The van der Waals surface area contributed by atoms with Gasteiger partial charge in [-0.1, -0.05) is 15.9 Å². The number of fused-ring (bicyclic) bond motifs is 1. The molecule has 0 bridgehead atoms. The average Bonchev–Trinajstić information content (AvgIpc) is 2.16. The second-order valence-electron chi connectivity index (χ2n) is 2.98. The number of anilines is 1. The molecule has 1 aromatic rings. The van der Waals surface area contributed by atoms with Gasteiger partial charge in [-0.3, -0.25) is 0 Å². The first kappa shape index (κ1) is 8.84. The fourth-order valence-electron chi connectivity index (χ4n) is 1.29. The number of halogens is 1. The van der Waals surface area contributed by atoms with Crippen molar-refractivity contribution < 1.29 is 9.84 Å². The minimum Gasteiger partial charge on any atom is -0.489 e. The Hall–Kier alpha value is -0.740. The molecule has 1 aliphatic rings. The quantitative estimate of drug-likeness (QED) is 0.788. The first-order valence-corrected chi connectivity index (χ1v) is 4.88. The molecule has 0 fully saturated rings. The Morgan fingerprint density at radius 3 is 3.23 bits per heavy atom. The van der Waals surface area contributed by atoms with Crippen molar-refractivity contribution in [2.24, 2.45) is 0 Å². The zero-order valence-corrected chi connectivity index (χ0v) is 8.54. The van der Waals surface area contributed by atoms with Crippen molar-refractivity contribution >= 4 is 21.6 Å². The molecule has 0 amide bonds. The predicted molar refractivity (Wildman–Crippen MR) is 54.1 cm³/mol. The van der Waals surface area contributed by atoms with Crippen LogP contribution >= 0.6 is 15.9 Å². The molecule has 1 atom stereocenters. The molecule has 1 heterocycles. The summed E-state index contributed by atoms with van der Waals surface area (Å²) in [4.78, 5) is 0. The second kappa shape index (κ2) is 3.55. The van der Waals surface area contributed by atoms with Gasteiger partial charge in [0, 0.05) is 4.47 Å². The number of hydrogen-bond acceptors (Lipinski definition) is 3. The lowest BCUT2D eigenvalue weighted by atomic mass is 10.2. The van der Waals surface area contributed by atoms with Crippen molar-refractivity contribution in [1.29, 1.82) is 0 Å². The van der Waals surface area contributed by atoms with Crippen LogP contribution in [0.2, 0.25) is 0 Å². The van der Waals surface area contributed by atoms with Crippen LogP contribution in [-0.4, -0.2) is 24.4 Å². The first-order valence-electron chi connectivity index (χ1n) is 4.09. The third kappa shape index (κ3) is 1.78. The largest absolute Gasteiger partial charge is 0.489 e. The van der Waals surface area contributed by atoms with Gasteiger partial charge in [-0.2, -0.15) is 0 Å². The number of aliphatic hydroxyl groups is 1. The highest BCUT2D eigenvalue weighted by Gasteiger charge is 2.17. The number of rotatable bonds is 1. The minimum atomic E-state index is 0.00167. The van der Waals surface area contributed by atoms with Crippen LogP contribution in [0.15, 0.2) is 22.7 Å². The van der Waals surface area contributed by atoms with Crippen LogP contribution in [0.5, 0.6) is 5.75 Å². The highest BCUT2D eigenvalue weighted by Crippen LogP contribution is 2.31. The molecule has 0 saturated carbocycles. The van der Waals surface area contributed by atoms with Crippen molar-refractivity contribution in [2.45, 2.75) is 6.04 Å². The molecule has 1 unspecified atom stereocenters. The topological polar surface area (TPSA) is 41.5 Å². The standard InChI is InChI=1S/C9H10BrNO2/c10-6-1-2-9-8(3-6)11-7(4-12)5-13-9/h1-3,7,11-12H,4-5H2. The lowest BCUT2D eigenvalue weighted by molar-refractivity contribution is 0.207.